The Kier molecular flexibility index (Phi) is 7.07. The Bertz CT molecular complexity index is 1340. The number of carbonyl (C=O) groups is 1. The van der Waals surface area contributed by atoms with Gasteiger partial charge in [-0.05, 0) is 48.6 Å². The van der Waals surface area contributed by atoms with Crippen LogP contribution in [0.25, 0.3) is 11.1 Å². The molecule has 1 amide bonds. The highest BCUT2D eigenvalue weighted by atomic mass is 32.2. The molecule has 1 unspecified atom stereocenters. The first kappa shape index (κ1) is 28.3. The second-order valence-electron chi connectivity index (χ2n) is 9.82. The van der Waals surface area contributed by atoms with Crippen LogP contribution in [0.3, 0.4) is 0 Å². The van der Waals surface area contributed by atoms with E-state index in [1.54, 1.807) is 11.6 Å². The summed E-state index contributed by atoms with van der Waals surface area (Å²) in [5.74, 6) is -5.94. The van der Waals surface area contributed by atoms with Gasteiger partial charge in [0.25, 0.3) is 11.8 Å². The first-order valence-electron chi connectivity index (χ1n) is 11.5. The van der Waals surface area contributed by atoms with E-state index in [1.807, 2.05) is 0 Å². The normalized spacial score (nSPS) is 24.1. The van der Waals surface area contributed by atoms with Gasteiger partial charge in [-0.2, -0.15) is 13.2 Å². The average Bonchev–Trinajstić information content (AvgIpc) is 3.13. The van der Waals surface area contributed by atoms with Crippen LogP contribution in [0.4, 0.5) is 30.7 Å². The number of carbonyl (C=O) groups excluding carboxylic acids is 1. The Morgan fingerprint density at radius 3 is 2.45 bits per heavy atom. The molecule has 4 rings (SSSR count). The van der Waals surface area contributed by atoms with Crippen molar-refractivity contribution in [2.24, 2.45) is 0 Å². The van der Waals surface area contributed by atoms with Crippen molar-refractivity contribution in [1.29, 1.82) is 4.78 Å². The Hall–Kier alpha value is -2.71. The smallest absolute Gasteiger partial charge is 0.380 e. The second-order valence-corrected chi connectivity index (χ2v) is 11.6. The van der Waals surface area contributed by atoms with E-state index in [4.69, 9.17) is 4.78 Å². The van der Waals surface area contributed by atoms with Crippen molar-refractivity contribution < 1.29 is 44.8 Å². The summed E-state index contributed by atoms with van der Waals surface area (Å²) in [6, 6.07) is 5.11. The van der Waals surface area contributed by atoms with Crippen molar-refractivity contribution >= 4 is 15.8 Å². The lowest BCUT2D eigenvalue weighted by atomic mass is 9.75. The summed E-state index contributed by atoms with van der Waals surface area (Å²) >= 11 is 0. The van der Waals surface area contributed by atoms with Crippen molar-refractivity contribution in [3.05, 3.63) is 59.2 Å². The van der Waals surface area contributed by atoms with E-state index in [0.717, 1.165) is 11.0 Å². The van der Waals surface area contributed by atoms with Crippen LogP contribution >= 0.6 is 0 Å². The molecule has 2 aromatic rings. The molecule has 0 spiro atoms. The van der Waals surface area contributed by atoms with Gasteiger partial charge in [0.15, 0.2) is 5.60 Å². The van der Waals surface area contributed by atoms with E-state index >= 15 is 4.39 Å². The van der Waals surface area contributed by atoms with Crippen LogP contribution in [0, 0.1) is 23.3 Å². The predicted molar refractivity (Wildman–Crippen MR) is 123 cm³/mol. The summed E-state index contributed by atoms with van der Waals surface area (Å²) in [7, 11) is -5.38. The minimum atomic E-state index is -5.45. The van der Waals surface area contributed by atoms with Gasteiger partial charge in [-0.3, -0.25) is 4.79 Å². The molecule has 6 nitrogen and oxygen atoms in total. The highest BCUT2D eigenvalue weighted by Gasteiger charge is 2.62. The van der Waals surface area contributed by atoms with Crippen molar-refractivity contribution in [3.8, 4) is 11.1 Å². The number of nitrogens with zero attached hydrogens (tertiary/aromatic N) is 1. The molecule has 0 radical (unpaired) electrons. The summed E-state index contributed by atoms with van der Waals surface area (Å²) in [6.07, 6.45) is -3.09. The lowest BCUT2D eigenvalue weighted by Gasteiger charge is -2.44. The number of amides is 1. The summed E-state index contributed by atoms with van der Waals surface area (Å²) in [5, 5.41) is 10.4. The molecule has 38 heavy (non-hydrogen) atoms. The maximum Gasteiger partial charge on any atom is 0.492 e. The molecule has 3 atom stereocenters. The first-order valence-corrected chi connectivity index (χ1v) is 13.1. The minimum absolute atomic E-state index is 0.0256. The number of aryl methyl sites for hydroxylation is 1. The van der Waals surface area contributed by atoms with Crippen LogP contribution in [-0.2, 0) is 21.1 Å². The molecule has 1 aliphatic carbocycles. The zero-order valence-electron chi connectivity index (χ0n) is 19.9. The lowest BCUT2D eigenvalue weighted by molar-refractivity contribution is -0.215. The standard InChI is InChI=1S/C24H24F7N3O3S/c1-13-7-15(9-16(25)8-13)17-4-2-3-14(20(17)26)10-19-18(33-38(32,37)24(29,30)31)5-6-34(19)21(35)22(36)11-23(27,28)12-22/h2-4,7-9,18-19,36H,5-6,10-12H2,1H3,(H2,32,33,37)/t18-,19-,38?/m0/s1. The number of hydrogen-bond donors (Lipinski definition) is 3. The Morgan fingerprint density at radius 2 is 1.87 bits per heavy atom. The van der Waals surface area contributed by atoms with E-state index in [-0.39, 0.29) is 29.7 Å². The number of likely N-dealkylation sites (tertiary alicyclic amines) is 1. The van der Waals surface area contributed by atoms with Gasteiger partial charge in [-0.1, -0.05) is 24.3 Å². The maximum absolute atomic E-state index is 15.6. The molecule has 3 N–H and O–H groups in total. The third kappa shape index (κ3) is 5.38. The van der Waals surface area contributed by atoms with Crippen LogP contribution in [-0.4, -0.2) is 55.8 Å². The Balaban J connectivity index is 1.70. The molecule has 1 saturated carbocycles. The van der Waals surface area contributed by atoms with Crippen molar-refractivity contribution in [1.82, 2.24) is 9.62 Å². The molecule has 208 valence electrons. The van der Waals surface area contributed by atoms with Crippen molar-refractivity contribution in [2.75, 3.05) is 6.54 Å². The van der Waals surface area contributed by atoms with Crippen LogP contribution < -0.4 is 4.72 Å². The minimum Gasteiger partial charge on any atom is -0.380 e. The first-order chi connectivity index (χ1) is 17.4. The monoisotopic (exact) mass is 567 g/mol. The topological polar surface area (TPSA) is 93.5 Å². The number of halogens is 7. The third-order valence-electron chi connectivity index (χ3n) is 6.81. The lowest BCUT2D eigenvalue weighted by Crippen LogP contribution is -2.63. The number of rotatable bonds is 6. The molecule has 2 aliphatic rings. The number of nitrogens with one attached hydrogen (secondary N) is 2. The molecule has 0 aromatic heterocycles. The molecule has 2 aromatic carbocycles. The number of hydrogen-bond acceptors (Lipinski definition) is 4. The van der Waals surface area contributed by atoms with Gasteiger partial charge in [-0.15, -0.1) is 0 Å². The molecular formula is C24H24F7N3O3S. The quantitative estimate of drug-likeness (QED) is 0.443. The van der Waals surface area contributed by atoms with Crippen LogP contribution in [0.1, 0.15) is 30.4 Å². The predicted octanol–water partition coefficient (Wildman–Crippen LogP) is 4.68. The van der Waals surface area contributed by atoms with Gasteiger partial charge in [-0.25, -0.2) is 31.3 Å². The fourth-order valence-electron chi connectivity index (χ4n) is 5.08. The summed E-state index contributed by atoms with van der Waals surface area (Å²) < 4.78 is 117. The molecule has 1 heterocycles. The number of aliphatic hydroxyl groups is 1. The van der Waals surface area contributed by atoms with Crippen LogP contribution in [0.15, 0.2) is 36.4 Å². The zero-order chi connectivity index (χ0) is 28.3. The van der Waals surface area contributed by atoms with Gasteiger partial charge in [0.05, 0.1) is 6.04 Å². The fraction of sp³-hybridized carbons (Fsp3) is 0.458. The molecule has 2 fully saturated rings. The number of alkyl halides is 5. The van der Waals surface area contributed by atoms with Crippen molar-refractivity contribution in [2.45, 2.75) is 61.7 Å². The van der Waals surface area contributed by atoms with E-state index in [2.05, 4.69) is 0 Å². The van der Waals surface area contributed by atoms with Gasteiger partial charge in [0, 0.05) is 31.0 Å². The van der Waals surface area contributed by atoms with Gasteiger partial charge in [0.2, 0.25) is 9.92 Å². The van der Waals surface area contributed by atoms with E-state index in [0.29, 0.717) is 5.56 Å². The summed E-state index contributed by atoms with van der Waals surface area (Å²) in [6.45, 7) is 1.28. The molecule has 14 heteroatoms. The van der Waals surface area contributed by atoms with Crippen LogP contribution in [0.2, 0.25) is 0 Å². The van der Waals surface area contributed by atoms with Gasteiger partial charge in [0.1, 0.15) is 11.6 Å². The van der Waals surface area contributed by atoms with E-state index in [9.17, 15) is 40.5 Å². The summed E-state index contributed by atoms with van der Waals surface area (Å²) in [5.41, 5.74) is -7.35. The van der Waals surface area contributed by atoms with Gasteiger partial charge < -0.3 is 10.0 Å². The van der Waals surface area contributed by atoms with Crippen LogP contribution in [0.5, 0.6) is 0 Å². The molecular weight excluding hydrogens is 543 g/mol. The zero-order valence-corrected chi connectivity index (χ0v) is 20.7. The third-order valence-corrected chi connectivity index (χ3v) is 8.10. The fourth-order valence-corrected chi connectivity index (χ4v) is 5.91. The van der Waals surface area contributed by atoms with E-state index < -0.39 is 75.8 Å². The maximum atomic E-state index is 15.6. The molecule has 1 aliphatic heterocycles. The van der Waals surface area contributed by atoms with E-state index in [1.165, 1.54) is 30.3 Å². The van der Waals surface area contributed by atoms with Crippen molar-refractivity contribution in [3.63, 3.8) is 0 Å². The second kappa shape index (κ2) is 9.49. The highest BCUT2D eigenvalue weighted by molar-refractivity contribution is 7.91. The Morgan fingerprint density at radius 1 is 1.21 bits per heavy atom. The largest absolute Gasteiger partial charge is 0.492 e. The average molecular weight is 568 g/mol. The molecule has 0 bridgehead atoms. The highest BCUT2D eigenvalue weighted by Crippen LogP contribution is 2.47. The summed E-state index contributed by atoms with van der Waals surface area (Å²) in [4.78, 5) is 13.9. The number of benzene rings is 2. The van der Waals surface area contributed by atoms with Gasteiger partial charge >= 0.3 is 5.51 Å². The Labute approximate surface area is 213 Å². The SMILES string of the molecule is Cc1cc(F)cc(-c2cccc(C[C@H]3[C@@H](NS(=N)(=O)C(F)(F)F)CCN3C(=O)C3(O)CC(F)(F)C3)c2F)c1. The molecule has 1 saturated heterocycles.